The predicted octanol–water partition coefficient (Wildman–Crippen LogP) is 14.9. The molecule has 0 bridgehead atoms. The molecule has 9 aromatic carbocycles. The van der Waals surface area contributed by atoms with Gasteiger partial charge < -0.3 is 44.3 Å². The van der Waals surface area contributed by atoms with Gasteiger partial charge in [-0.2, -0.15) is 0 Å². The Morgan fingerprint density at radius 2 is 1.13 bits per heavy atom. The number of allylic oxidation sites excluding steroid dienone is 2. The van der Waals surface area contributed by atoms with Gasteiger partial charge in [-0.05, 0) is 142 Å². The molecule has 0 aromatic heterocycles. The summed E-state index contributed by atoms with van der Waals surface area (Å²) in [6.07, 6.45) is 5.34. The van der Waals surface area contributed by atoms with Crippen LogP contribution in [0.25, 0.3) is 38.3 Å². The molecule has 6 N–H and O–H groups in total. The Balaban J connectivity index is 0.000000216. The van der Waals surface area contributed by atoms with Crippen LogP contribution in [0.15, 0.2) is 200 Å². The first-order valence-corrected chi connectivity index (χ1v) is 34.6. The Morgan fingerprint density at radius 1 is 0.604 bits per heavy atom. The topological polar surface area (TPSA) is 291 Å². The van der Waals surface area contributed by atoms with Crippen molar-refractivity contribution in [2.45, 2.75) is 97.5 Å². The number of fused-ring (bicyclic) bond motifs is 6. The summed E-state index contributed by atoms with van der Waals surface area (Å²) in [6, 6.07) is 44.9. The van der Waals surface area contributed by atoms with Crippen molar-refractivity contribution < 1.29 is 77.8 Å². The average molecular weight is 1450 g/mol. The number of esters is 1. The summed E-state index contributed by atoms with van der Waals surface area (Å²) in [5, 5.41) is 61.4. The minimum absolute atomic E-state index is 0. The van der Waals surface area contributed by atoms with E-state index in [4.69, 9.17) is 14.2 Å². The molecule has 3 aliphatic rings. The minimum atomic E-state index is -3.87. The van der Waals surface area contributed by atoms with Crippen molar-refractivity contribution in [3.63, 3.8) is 0 Å². The monoisotopic (exact) mass is 1450 g/mol. The third kappa shape index (κ3) is 16.6. The third-order valence-corrected chi connectivity index (χ3v) is 20.0. The molecule has 0 spiro atoms. The van der Waals surface area contributed by atoms with E-state index in [9.17, 15) is 46.9 Å². The quantitative estimate of drug-likeness (QED) is 0.0153. The van der Waals surface area contributed by atoms with Gasteiger partial charge >= 0.3 is 5.97 Å². The zero-order valence-corrected chi connectivity index (χ0v) is 59.0. The maximum atomic E-state index is 13.1. The van der Waals surface area contributed by atoms with Gasteiger partial charge in [-0.1, -0.05) is 99.8 Å². The van der Waals surface area contributed by atoms with Gasteiger partial charge in [0.2, 0.25) is 25.4 Å². The second-order valence-corrected chi connectivity index (χ2v) is 28.0. The van der Waals surface area contributed by atoms with Gasteiger partial charge in [-0.3, -0.25) is 0 Å². The first kappa shape index (κ1) is 78.4. The Hall–Kier alpha value is -9.92. The number of azo groups is 2. The Kier molecular flexibility index (Phi) is 25.3. The molecular formula is C77H85CoN8O13S2+. The van der Waals surface area contributed by atoms with Gasteiger partial charge in [-0.25, -0.2) is 35.6 Å². The third-order valence-electron chi connectivity index (χ3n) is 17.1. The van der Waals surface area contributed by atoms with Crippen molar-refractivity contribution >= 4 is 99.0 Å². The summed E-state index contributed by atoms with van der Waals surface area (Å²) in [5.41, 5.74) is 9.42. The first-order valence-electron chi connectivity index (χ1n) is 31.6. The van der Waals surface area contributed by atoms with E-state index in [1.54, 1.807) is 36.4 Å². The zero-order chi connectivity index (χ0) is 70.4. The number of carbonyl (C=O) groups excluding carboxylic acids is 2. The van der Waals surface area contributed by atoms with Gasteiger partial charge in [0.25, 0.3) is 0 Å². The number of methoxy groups -OCH3 is 2. The number of sulfonamides is 2. The number of phenols is 4. The molecular weight excluding hydrogens is 1370 g/mol. The molecule has 3 heterocycles. The van der Waals surface area contributed by atoms with E-state index >= 15 is 0 Å². The number of ether oxygens (including phenoxy) is 3. The van der Waals surface area contributed by atoms with Gasteiger partial charge in [0.1, 0.15) is 70.1 Å². The van der Waals surface area contributed by atoms with Gasteiger partial charge in [0.05, 0.1) is 40.7 Å². The summed E-state index contributed by atoms with van der Waals surface area (Å²) in [6.45, 7) is 19.8. The number of aldehydes is 1. The molecule has 21 nitrogen and oxygen atoms in total. The fourth-order valence-electron chi connectivity index (χ4n) is 12.6. The Labute approximate surface area is 599 Å². The van der Waals surface area contributed by atoms with E-state index < -0.39 is 20.0 Å². The number of benzene rings is 9. The van der Waals surface area contributed by atoms with Crippen molar-refractivity contribution in [3.05, 3.63) is 208 Å². The molecule has 0 saturated carbocycles. The van der Waals surface area contributed by atoms with E-state index in [2.05, 4.69) is 131 Å². The molecule has 101 heavy (non-hydrogen) atoms. The van der Waals surface area contributed by atoms with Crippen LogP contribution in [0, 0.1) is 0 Å². The molecule has 0 saturated heterocycles. The van der Waals surface area contributed by atoms with E-state index in [-0.39, 0.29) is 130 Å². The summed E-state index contributed by atoms with van der Waals surface area (Å²) < 4.78 is 73.1. The van der Waals surface area contributed by atoms with Crippen molar-refractivity contribution in [1.29, 1.82) is 0 Å². The fraction of sp³-hybridized carbons (Fsp3) is 0.260. The molecule has 0 aliphatic carbocycles. The summed E-state index contributed by atoms with van der Waals surface area (Å²) in [5.74, 6) is 0.562. The van der Waals surface area contributed by atoms with E-state index in [1.807, 2.05) is 48.5 Å². The number of nitrogens with zero attached hydrogens (tertiary/aromatic N) is 6. The first-order chi connectivity index (χ1) is 46.8. The molecule has 0 unspecified atom stereocenters. The molecule has 0 atom stereocenters. The molecule has 9 aromatic rings. The van der Waals surface area contributed by atoms with Crippen molar-refractivity contribution in [2.24, 2.45) is 20.5 Å². The smallest absolute Gasteiger partial charge is 0.338 e. The van der Waals surface area contributed by atoms with E-state index in [0.29, 0.717) is 22.6 Å². The number of carbonyl (C=O) groups is 2. The molecule has 0 amide bonds. The summed E-state index contributed by atoms with van der Waals surface area (Å²) >= 11 is 0. The van der Waals surface area contributed by atoms with Crippen LogP contribution < -0.4 is 34.2 Å². The van der Waals surface area contributed by atoms with Crippen LogP contribution >= 0.6 is 0 Å². The van der Waals surface area contributed by atoms with Crippen LogP contribution in [0.1, 0.15) is 109 Å². The van der Waals surface area contributed by atoms with Crippen LogP contribution in [0.4, 0.5) is 28.4 Å². The average Bonchev–Trinajstić information content (AvgIpc) is 0.721. The van der Waals surface area contributed by atoms with Gasteiger partial charge in [0.15, 0.2) is 5.54 Å². The second kappa shape index (κ2) is 32.6. The molecule has 1 radical (unpaired) electrons. The Bertz CT molecular complexity index is 5150. The van der Waals surface area contributed by atoms with E-state index in [0.717, 1.165) is 63.3 Å². The molecule has 0 fully saturated rings. The number of nitrogens with one attached hydrogen (secondary N) is 2. The number of rotatable bonds is 18. The van der Waals surface area contributed by atoms with Crippen LogP contribution in [0.3, 0.4) is 0 Å². The number of likely N-dealkylation sites (N-methyl/N-ethyl adjacent to an activating group) is 2. The SMILES string of the molecule is C.C.CCN1c2cc3c(cc2C(C)=CC1(C)C)C(c1ccccc1C(=O)OC)=c1cc2c(cc1O3)=[N+](CC)C(C)(C)C=C2C.COCCNS(=O)(=O)c1ccc(O)c(N=Nc2c(O)ccc3ccccc23)c1.O=CCCNS(=O)(=O)c1ccc(O)c(N=Nc2c(O)ccc3ccccc23)c1.[Co]. The van der Waals surface area contributed by atoms with Crippen LogP contribution in [0.2, 0.25) is 0 Å². The maximum absolute atomic E-state index is 13.1. The summed E-state index contributed by atoms with van der Waals surface area (Å²) in [7, 11) is -4.75. The second-order valence-electron chi connectivity index (χ2n) is 24.4. The number of anilines is 1. The molecule has 3 aliphatic heterocycles. The van der Waals surface area contributed by atoms with Crippen molar-refractivity contribution in [3.8, 4) is 34.5 Å². The van der Waals surface area contributed by atoms with Gasteiger partial charge in [0, 0.05) is 114 Å². The van der Waals surface area contributed by atoms with Gasteiger partial charge in [-0.15, -0.1) is 20.5 Å². The zero-order valence-electron chi connectivity index (χ0n) is 56.3. The number of hydrogen-bond donors (Lipinski definition) is 6. The minimum Gasteiger partial charge on any atom is -0.506 e. The predicted molar refractivity (Wildman–Crippen MR) is 394 cm³/mol. The normalized spacial score (nSPS) is 14.0. The van der Waals surface area contributed by atoms with Crippen LogP contribution in [-0.4, -0.2) is 108 Å². The standard InChI is InChI=1S/C37H41N2O3.C19H19N3O5S.C19H17N3O5S.2CH4.Co/c1-10-38-30-18-32-28(16-26(30)22(3)20-36(38,5)6)34(24-14-12-13-15-25(24)35(40)41-9)29-17-27-23(4)21-37(7,8)39(11-2)31(27)19-33(29)42-32;1-27-11-10-20-28(25,26)14-7-9-17(23)16(12-14)21-22-19-15-5-3-2-4-13(15)6-8-18(19)24;23-11-3-10-20-28(26,27)14-7-9-17(24)16(12-14)21-22-19-15-5-2-1-4-13(15)6-8-18(19)25;;;/h12-21H,10-11H2,1-9H3;2-9,12,20,23-24H,10-11H2,1H3;1-2,4-9,11-12,20,24-25H,3,10H2;2*1H4;/q+1;;;;;. The molecule has 24 heteroatoms. The Morgan fingerprint density at radius 3 is 1.66 bits per heavy atom. The molecule has 531 valence electrons. The van der Waals surface area contributed by atoms with Crippen LogP contribution in [0.5, 0.6) is 34.5 Å². The van der Waals surface area contributed by atoms with Crippen molar-refractivity contribution in [1.82, 2.24) is 14.0 Å². The van der Waals surface area contributed by atoms with Crippen molar-refractivity contribution in [2.75, 3.05) is 51.9 Å². The summed E-state index contributed by atoms with van der Waals surface area (Å²) in [4.78, 5) is 25.7. The fourth-order valence-corrected chi connectivity index (χ4v) is 14.7. The molecule has 12 rings (SSSR count). The number of hydrogen-bond acceptors (Lipinski definition) is 18. The van der Waals surface area contributed by atoms with Crippen LogP contribution in [-0.2, 0) is 51.1 Å². The van der Waals surface area contributed by atoms with E-state index in [1.165, 1.54) is 90.0 Å². The number of aromatic hydroxyl groups is 4. The largest absolute Gasteiger partial charge is 0.506 e. The number of phenolic OH excluding ortho intramolecular Hbond substituents is 4. The maximum Gasteiger partial charge on any atom is 0.338 e.